The number of amides is 1. The quantitative estimate of drug-likeness (QED) is 0.603. The molecule has 4 heteroatoms. The van der Waals surface area contributed by atoms with Gasteiger partial charge in [-0.2, -0.15) is 0 Å². The van der Waals surface area contributed by atoms with Gasteiger partial charge in [0.1, 0.15) is 0 Å². The summed E-state index contributed by atoms with van der Waals surface area (Å²) in [5.41, 5.74) is 0. The van der Waals surface area contributed by atoms with Crippen molar-refractivity contribution in [3.63, 3.8) is 0 Å². The van der Waals surface area contributed by atoms with E-state index >= 15 is 0 Å². The van der Waals surface area contributed by atoms with Gasteiger partial charge in [-0.3, -0.25) is 7.91 Å². The van der Waals surface area contributed by atoms with Crippen molar-refractivity contribution in [2.75, 3.05) is 0 Å². The molecule has 2 aliphatic carbocycles. The van der Waals surface area contributed by atoms with Crippen LogP contribution in [0.2, 0.25) is 0 Å². The fourth-order valence-corrected chi connectivity index (χ4v) is 4.10. The Bertz CT molecular complexity index is 282. The molecule has 0 spiro atoms. The summed E-state index contributed by atoms with van der Waals surface area (Å²) in [6.45, 7) is 2.28. The van der Waals surface area contributed by atoms with Crippen molar-refractivity contribution < 1.29 is 9.90 Å². The molecule has 104 valence electrons. The highest BCUT2D eigenvalue weighted by atomic mass is 127. The van der Waals surface area contributed by atoms with Gasteiger partial charge >= 0.3 is 0 Å². The Morgan fingerprint density at radius 1 is 1.06 bits per heavy atom. The summed E-state index contributed by atoms with van der Waals surface area (Å²) < 4.78 is 1.95. The summed E-state index contributed by atoms with van der Waals surface area (Å²) in [4.78, 5) is 12.4. The van der Waals surface area contributed by atoms with Gasteiger partial charge in [-0.1, -0.05) is 6.92 Å². The standard InChI is InChI=1S/C14H24INO2/c1-10-2-4-11(5-3-10)14(18)16(15)12-6-8-13(17)9-7-12/h10-13,17H,2-9H2,1H3. The number of carbonyl (C=O) groups is 1. The lowest BCUT2D eigenvalue weighted by Crippen LogP contribution is -2.40. The minimum absolute atomic E-state index is 0.142. The first kappa shape index (κ1) is 14.6. The lowest BCUT2D eigenvalue weighted by Gasteiger charge is -2.35. The number of hydrogen-bond donors (Lipinski definition) is 1. The average Bonchev–Trinajstić information content (AvgIpc) is 2.39. The fraction of sp³-hybridized carbons (Fsp3) is 0.929. The molecular weight excluding hydrogens is 341 g/mol. The largest absolute Gasteiger partial charge is 0.393 e. The molecule has 2 rings (SSSR count). The molecule has 0 atom stereocenters. The summed E-state index contributed by atoms with van der Waals surface area (Å²) >= 11 is 2.20. The van der Waals surface area contributed by atoms with E-state index in [4.69, 9.17) is 0 Å². The highest BCUT2D eigenvalue weighted by Crippen LogP contribution is 2.33. The maximum absolute atomic E-state index is 12.4. The number of aliphatic hydroxyl groups excluding tert-OH is 1. The van der Waals surface area contributed by atoms with Crippen LogP contribution in [-0.2, 0) is 4.79 Å². The molecule has 0 bridgehead atoms. The third-order valence-corrected chi connectivity index (χ3v) is 5.83. The highest BCUT2D eigenvalue weighted by molar-refractivity contribution is 14.1. The first-order valence-electron chi connectivity index (χ1n) is 7.25. The second-order valence-electron chi connectivity index (χ2n) is 6.07. The van der Waals surface area contributed by atoms with Crippen LogP contribution in [0.5, 0.6) is 0 Å². The SMILES string of the molecule is CC1CCC(C(=O)N(I)C2CCC(O)CC2)CC1. The van der Waals surface area contributed by atoms with E-state index in [1.165, 1.54) is 12.8 Å². The van der Waals surface area contributed by atoms with E-state index in [-0.39, 0.29) is 12.0 Å². The smallest absolute Gasteiger partial charge is 0.234 e. The molecule has 2 saturated carbocycles. The summed E-state index contributed by atoms with van der Waals surface area (Å²) in [5.74, 6) is 1.38. The molecule has 2 aliphatic rings. The van der Waals surface area contributed by atoms with Gasteiger partial charge in [-0.15, -0.1) is 0 Å². The molecule has 0 aromatic heterocycles. The number of rotatable bonds is 2. The molecule has 18 heavy (non-hydrogen) atoms. The van der Waals surface area contributed by atoms with Crippen molar-refractivity contribution in [1.82, 2.24) is 3.11 Å². The molecule has 1 amide bonds. The van der Waals surface area contributed by atoms with E-state index in [0.717, 1.165) is 44.4 Å². The van der Waals surface area contributed by atoms with Crippen LogP contribution in [0.4, 0.5) is 0 Å². The fourth-order valence-electron chi connectivity index (χ4n) is 3.15. The maximum atomic E-state index is 12.4. The monoisotopic (exact) mass is 365 g/mol. The topological polar surface area (TPSA) is 40.5 Å². The average molecular weight is 365 g/mol. The number of carbonyl (C=O) groups excluding carboxylic acids is 1. The van der Waals surface area contributed by atoms with Gasteiger partial charge in [0.15, 0.2) is 0 Å². The molecule has 0 aromatic carbocycles. The van der Waals surface area contributed by atoms with E-state index in [0.29, 0.717) is 11.9 Å². The summed E-state index contributed by atoms with van der Waals surface area (Å²) in [6.07, 6.45) is 7.99. The number of halogens is 1. The molecule has 2 fully saturated rings. The van der Waals surface area contributed by atoms with Crippen LogP contribution in [-0.4, -0.2) is 26.3 Å². The van der Waals surface area contributed by atoms with Crippen LogP contribution >= 0.6 is 22.9 Å². The van der Waals surface area contributed by atoms with Crippen LogP contribution < -0.4 is 0 Å². The van der Waals surface area contributed by atoms with E-state index in [2.05, 4.69) is 29.8 Å². The summed E-state index contributed by atoms with van der Waals surface area (Å²) in [6, 6.07) is 0.348. The first-order chi connectivity index (χ1) is 8.58. The number of aliphatic hydroxyl groups is 1. The molecule has 0 unspecified atom stereocenters. The molecule has 3 nitrogen and oxygen atoms in total. The van der Waals surface area contributed by atoms with E-state index in [9.17, 15) is 9.90 Å². The number of nitrogens with zero attached hydrogens (tertiary/aromatic N) is 1. The maximum Gasteiger partial charge on any atom is 0.234 e. The molecular formula is C14H24INO2. The Balaban J connectivity index is 1.84. The zero-order valence-electron chi connectivity index (χ0n) is 11.1. The van der Waals surface area contributed by atoms with Crippen LogP contribution in [0.15, 0.2) is 0 Å². The van der Waals surface area contributed by atoms with Crippen LogP contribution in [0.1, 0.15) is 58.3 Å². The Kier molecular flexibility index (Phi) is 5.30. The van der Waals surface area contributed by atoms with Gasteiger partial charge in [0.2, 0.25) is 5.91 Å². The Labute approximate surface area is 124 Å². The van der Waals surface area contributed by atoms with Gasteiger partial charge in [0.25, 0.3) is 0 Å². The second-order valence-corrected chi connectivity index (χ2v) is 7.11. The zero-order chi connectivity index (χ0) is 13.1. The zero-order valence-corrected chi connectivity index (χ0v) is 13.3. The van der Waals surface area contributed by atoms with Crippen molar-refractivity contribution in [1.29, 1.82) is 0 Å². The van der Waals surface area contributed by atoms with Crippen LogP contribution in [0.3, 0.4) is 0 Å². The minimum atomic E-state index is -0.142. The Hall–Kier alpha value is 0.160. The van der Waals surface area contributed by atoms with Crippen molar-refractivity contribution in [2.24, 2.45) is 11.8 Å². The van der Waals surface area contributed by atoms with Crippen molar-refractivity contribution >= 4 is 28.8 Å². The highest BCUT2D eigenvalue weighted by Gasteiger charge is 2.32. The molecule has 0 radical (unpaired) electrons. The van der Waals surface area contributed by atoms with Crippen molar-refractivity contribution in [3.05, 3.63) is 0 Å². The summed E-state index contributed by atoms with van der Waals surface area (Å²) in [7, 11) is 0. The van der Waals surface area contributed by atoms with Gasteiger partial charge < -0.3 is 5.11 Å². The lowest BCUT2D eigenvalue weighted by atomic mass is 9.82. The van der Waals surface area contributed by atoms with E-state index in [1.807, 2.05) is 3.11 Å². The predicted octanol–water partition coefficient (Wildman–Crippen LogP) is 3.29. The Morgan fingerprint density at radius 2 is 1.61 bits per heavy atom. The lowest BCUT2D eigenvalue weighted by molar-refractivity contribution is -0.132. The van der Waals surface area contributed by atoms with Crippen LogP contribution in [0, 0.1) is 11.8 Å². The molecule has 0 heterocycles. The van der Waals surface area contributed by atoms with Gasteiger partial charge in [0, 0.05) is 12.0 Å². The van der Waals surface area contributed by atoms with E-state index < -0.39 is 0 Å². The first-order valence-corrected chi connectivity index (χ1v) is 8.21. The minimum Gasteiger partial charge on any atom is -0.393 e. The molecule has 1 N–H and O–H groups in total. The summed E-state index contributed by atoms with van der Waals surface area (Å²) in [5, 5.41) is 9.52. The van der Waals surface area contributed by atoms with E-state index in [1.54, 1.807) is 0 Å². The van der Waals surface area contributed by atoms with Crippen molar-refractivity contribution in [3.8, 4) is 0 Å². The molecule has 0 aromatic rings. The molecule has 0 saturated heterocycles. The Morgan fingerprint density at radius 3 is 2.17 bits per heavy atom. The normalized spacial score (nSPS) is 37.3. The van der Waals surface area contributed by atoms with Crippen molar-refractivity contribution in [2.45, 2.75) is 70.4 Å². The molecule has 0 aliphatic heterocycles. The second kappa shape index (κ2) is 6.55. The predicted molar refractivity (Wildman–Crippen MR) is 80.3 cm³/mol. The third kappa shape index (κ3) is 3.59. The van der Waals surface area contributed by atoms with Crippen LogP contribution in [0.25, 0.3) is 0 Å². The van der Waals surface area contributed by atoms with Gasteiger partial charge in [-0.25, -0.2) is 0 Å². The van der Waals surface area contributed by atoms with Gasteiger partial charge in [0.05, 0.1) is 29.0 Å². The third-order valence-electron chi connectivity index (χ3n) is 4.56. The van der Waals surface area contributed by atoms with Gasteiger partial charge in [-0.05, 0) is 57.3 Å². The number of hydrogen-bond acceptors (Lipinski definition) is 2.